The first-order valence-electron chi connectivity index (χ1n) is 7.85. The number of hydrogen-bond donors (Lipinski definition) is 0. The summed E-state index contributed by atoms with van der Waals surface area (Å²) in [5.41, 5.74) is 0.367. The summed E-state index contributed by atoms with van der Waals surface area (Å²) in [7, 11) is -0.793. The average Bonchev–Trinajstić information content (AvgIpc) is 2.52. The molecule has 2 nitrogen and oxygen atoms in total. The van der Waals surface area contributed by atoms with Crippen molar-refractivity contribution in [1.29, 1.82) is 0 Å². The Morgan fingerprint density at radius 2 is 1.81 bits per heavy atom. The third-order valence-corrected chi connectivity index (χ3v) is 4.76. The predicted molar refractivity (Wildman–Crippen MR) is 94.5 cm³/mol. The lowest BCUT2D eigenvalue weighted by atomic mass is 9.83. The van der Waals surface area contributed by atoms with Crippen LogP contribution in [0.5, 0.6) is 0 Å². The van der Waals surface area contributed by atoms with Crippen LogP contribution in [0.2, 0.25) is 0 Å². The van der Waals surface area contributed by atoms with Crippen molar-refractivity contribution < 1.29 is 9.09 Å². The zero-order valence-electron chi connectivity index (χ0n) is 13.1. The Kier molecular flexibility index (Phi) is 8.91. The van der Waals surface area contributed by atoms with Crippen molar-refractivity contribution in [2.75, 3.05) is 0 Å². The summed E-state index contributed by atoms with van der Waals surface area (Å²) in [4.78, 5) is 0.884. The minimum absolute atomic E-state index is 0.666. The van der Waals surface area contributed by atoms with E-state index in [0.29, 0.717) is 0 Å². The zero-order chi connectivity index (χ0) is 15.6. The molecule has 0 fully saturated rings. The lowest BCUT2D eigenvalue weighted by Crippen LogP contribution is -2.35. The second-order valence-corrected chi connectivity index (χ2v) is 6.23. The fraction of sp³-hybridized carbons (Fsp3) is 0.588. The molecular weight excluding hydrogens is 299 g/mol. The van der Waals surface area contributed by atoms with Crippen molar-refractivity contribution in [3.63, 3.8) is 0 Å². The van der Waals surface area contributed by atoms with Crippen molar-refractivity contribution in [2.24, 2.45) is 0 Å². The van der Waals surface area contributed by atoms with Crippen LogP contribution in [-0.2, 0) is 14.7 Å². The standard InChI is InChI=1S/C17H26O2PS/c1-3-5-10-14-17(19-20-18,16(21)13-6-4-2)15-11-8-7-9-12-15/h7-9,11-12,20H,3-6,10,13-14H2,1-2H3/q+1. The lowest BCUT2D eigenvalue weighted by Gasteiger charge is -2.29. The van der Waals surface area contributed by atoms with Gasteiger partial charge in [-0.05, 0) is 35.8 Å². The summed E-state index contributed by atoms with van der Waals surface area (Å²) >= 11 is 5.69. The number of unbranched alkanes of at least 4 members (excludes halogenated alkanes) is 3. The Morgan fingerprint density at radius 3 is 2.38 bits per heavy atom. The third kappa shape index (κ3) is 5.25. The van der Waals surface area contributed by atoms with E-state index in [9.17, 15) is 4.57 Å². The lowest BCUT2D eigenvalue weighted by molar-refractivity contribution is 0.146. The molecular formula is C17H26O2PS+. The van der Waals surface area contributed by atoms with E-state index >= 15 is 0 Å². The number of thiocarbonyl (C=S) groups is 1. The molecule has 2 unspecified atom stereocenters. The summed E-state index contributed by atoms with van der Waals surface area (Å²) in [6.07, 6.45) is 7.11. The molecule has 0 radical (unpaired) electrons. The van der Waals surface area contributed by atoms with Crippen molar-refractivity contribution in [2.45, 2.75) is 64.4 Å². The van der Waals surface area contributed by atoms with Gasteiger partial charge in [-0.15, -0.1) is 4.52 Å². The summed E-state index contributed by atoms with van der Waals surface area (Å²) in [5, 5.41) is 0. The topological polar surface area (TPSA) is 26.3 Å². The fourth-order valence-corrected chi connectivity index (χ4v) is 3.52. The van der Waals surface area contributed by atoms with E-state index in [2.05, 4.69) is 13.8 Å². The Balaban J connectivity index is 3.08. The SMILES string of the molecule is CCCCCC(O[PH+]=O)(C(=S)CCCC)c1ccccc1. The van der Waals surface area contributed by atoms with Crippen LogP contribution in [0.25, 0.3) is 0 Å². The molecule has 0 saturated heterocycles. The van der Waals surface area contributed by atoms with Crippen molar-refractivity contribution in [3.8, 4) is 0 Å². The van der Waals surface area contributed by atoms with Gasteiger partial charge in [0.15, 0.2) is 5.60 Å². The molecule has 0 aliphatic carbocycles. The van der Waals surface area contributed by atoms with Crippen LogP contribution >= 0.6 is 20.9 Å². The van der Waals surface area contributed by atoms with Gasteiger partial charge in [0.05, 0.1) is 0 Å². The summed E-state index contributed by atoms with van der Waals surface area (Å²) in [6, 6.07) is 10.0. The van der Waals surface area contributed by atoms with Crippen LogP contribution in [0.15, 0.2) is 30.3 Å². The molecule has 0 spiro atoms. The normalized spacial score (nSPS) is 14.0. The van der Waals surface area contributed by atoms with E-state index in [1.807, 2.05) is 30.3 Å². The fourth-order valence-electron chi connectivity index (χ4n) is 2.55. The molecule has 0 heterocycles. The molecule has 1 rings (SSSR count). The summed E-state index contributed by atoms with van der Waals surface area (Å²) in [6.45, 7) is 4.33. The molecule has 4 heteroatoms. The first-order valence-corrected chi connectivity index (χ1v) is 9.07. The van der Waals surface area contributed by atoms with Gasteiger partial charge >= 0.3 is 8.69 Å². The highest BCUT2D eigenvalue weighted by Crippen LogP contribution is 2.38. The van der Waals surface area contributed by atoms with Gasteiger partial charge in [0.2, 0.25) is 0 Å². The van der Waals surface area contributed by atoms with Gasteiger partial charge in [-0.1, -0.05) is 75.7 Å². The third-order valence-electron chi connectivity index (χ3n) is 3.80. The highest BCUT2D eigenvalue weighted by molar-refractivity contribution is 7.80. The van der Waals surface area contributed by atoms with Gasteiger partial charge in [0.25, 0.3) is 0 Å². The second kappa shape index (κ2) is 10.2. The maximum atomic E-state index is 11.3. The molecule has 0 aromatic heterocycles. The quantitative estimate of drug-likeness (QED) is 0.284. The molecule has 0 bridgehead atoms. The van der Waals surface area contributed by atoms with Crippen LogP contribution in [-0.4, -0.2) is 4.86 Å². The number of hydrogen-bond acceptors (Lipinski definition) is 3. The van der Waals surface area contributed by atoms with E-state index in [4.69, 9.17) is 16.7 Å². The summed E-state index contributed by atoms with van der Waals surface area (Å²) < 4.78 is 17.0. The molecule has 0 N–H and O–H groups in total. The van der Waals surface area contributed by atoms with Crippen LogP contribution in [0.3, 0.4) is 0 Å². The molecule has 116 valence electrons. The monoisotopic (exact) mass is 325 g/mol. The molecule has 0 saturated carbocycles. The smallest absolute Gasteiger partial charge is 0.131 e. The van der Waals surface area contributed by atoms with Gasteiger partial charge < -0.3 is 0 Å². The molecule has 0 aliphatic rings. The first kappa shape index (κ1) is 18.4. The number of benzene rings is 1. The van der Waals surface area contributed by atoms with Gasteiger partial charge in [-0.3, -0.25) is 0 Å². The second-order valence-electron chi connectivity index (χ2n) is 5.36. The van der Waals surface area contributed by atoms with E-state index in [1.54, 1.807) is 0 Å². The van der Waals surface area contributed by atoms with Crippen LogP contribution in [0.4, 0.5) is 0 Å². The van der Waals surface area contributed by atoms with Crippen molar-refractivity contribution >= 4 is 25.8 Å². The Morgan fingerprint density at radius 1 is 1.14 bits per heavy atom. The van der Waals surface area contributed by atoms with Crippen LogP contribution in [0.1, 0.15) is 64.4 Å². The van der Waals surface area contributed by atoms with Crippen molar-refractivity contribution in [1.82, 2.24) is 0 Å². The molecule has 1 aromatic rings. The minimum atomic E-state index is -0.793. The van der Waals surface area contributed by atoms with Crippen LogP contribution in [0, 0.1) is 0 Å². The van der Waals surface area contributed by atoms with Gasteiger partial charge in [-0.25, -0.2) is 0 Å². The first-order chi connectivity index (χ1) is 10.2. The molecule has 0 amide bonds. The van der Waals surface area contributed by atoms with E-state index in [1.165, 1.54) is 0 Å². The molecule has 0 aliphatic heterocycles. The summed E-state index contributed by atoms with van der Waals surface area (Å²) in [5.74, 6) is 0. The molecule has 1 aromatic carbocycles. The predicted octanol–water partition coefficient (Wildman–Crippen LogP) is 5.98. The highest BCUT2D eigenvalue weighted by atomic mass is 32.1. The number of rotatable bonds is 11. The van der Waals surface area contributed by atoms with E-state index in [0.717, 1.165) is 55.4 Å². The Hall–Kier alpha value is -0.630. The maximum absolute atomic E-state index is 11.3. The maximum Gasteiger partial charge on any atom is 0.495 e. The minimum Gasteiger partial charge on any atom is -0.131 e. The van der Waals surface area contributed by atoms with E-state index < -0.39 is 14.3 Å². The highest BCUT2D eigenvalue weighted by Gasteiger charge is 2.41. The van der Waals surface area contributed by atoms with Gasteiger partial charge in [0, 0.05) is 4.86 Å². The largest absolute Gasteiger partial charge is 0.495 e. The van der Waals surface area contributed by atoms with Gasteiger partial charge in [0.1, 0.15) is 0 Å². The Bertz CT molecular complexity index is 436. The Labute approximate surface area is 135 Å². The van der Waals surface area contributed by atoms with Gasteiger partial charge in [-0.2, -0.15) is 0 Å². The van der Waals surface area contributed by atoms with Crippen molar-refractivity contribution in [3.05, 3.63) is 35.9 Å². The van der Waals surface area contributed by atoms with E-state index in [-0.39, 0.29) is 0 Å². The average molecular weight is 325 g/mol. The molecule has 21 heavy (non-hydrogen) atoms. The zero-order valence-corrected chi connectivity index (χ0v) is 14.9. The van der Waals surface area contributed by atoms with Crippen LogP contribution < -0.4 is 0 Å². The molecule has 2 atom stereocenters.